The van der Waals surface area contributed by atoms with Crippen LogP contribution in [0, 0.1) is 11.8 Å². The van der Waals surface area contributed by atoms with Crippen LogP contribution in [0.3, 0.4) is 0 Å². The van der Waals surface area contributed by atoms with Gasteiger partial charge in [-0.05, 0) is 44.6 Å². The van der Waals surface area contributed by atoms with Gasteiger partial charge in [0, 0.05) is 31.5 Å². The molecule has 1 aromatic rings. The molecular formula is C20H26N2O2. The molecular weight excluding hydrogens is 300 g/mol. The van der Waals surface area contributed by atoms with Crippen molar-refractivity contribution in [3.63, 3.8) is 0 Å². The lowest BCUT2D eigenvalue weighted by Crippen LogP contribution is -2.62. The maximum absolute atomic E-state index is 13.0. The quantitative estimate of drug-likeness (QED) is 0.857. The monoisotopic (exact) mass is 326 g/mol. The van der Waals surface area contributed by atoms with Crippen LogP contribution in [0.2, 0.25) is 0 Å². The maximum Gasteiger partial charge on any atom is 0.226 e. The van der Waals surface area contributed by atoms with Gasteiger partial charge < -0.3 is 9.80 Å². The van der Waals surface area contributed by atoms with Gasteiger partial charge in [0.25, 0.3) is 0 Å². The van der Waals surface area contributed by atoms with Crippen LogP contribution in [0.15, 0.2) is 30.3 Å². The van der Waals surface area contributed by atoms with E-state index in [-0.39, 0.29) is 23.3 Å². The summed E-state index contributed by atoms with van der Waals surface area (Å²) in [5.74, 6) is 1.32. The number of benzene rings is 1. The summed E-state index contributed by atoms with van der Waals surface area (Å²) in [6.07, 6.45) is 3.04. The van der Waals surface area contributed by atoms with Crippen LogP contribution in [0.4, 0.5) is 0 Å². The summed E-state index contributed by atoms with van der Waals surface area (Å²) in [5.41, 5.74) is 1.00. The first-order chi connectivity index (χ1) is 11.5. The van der Waals surface area contributed by atoms with Crippen LogP contribution in [0.5, 0.6) is 0 Å². The van der Waals surface area contributed by atoms with Crippen LogP contribution in [-0.4, -0.2) is 46.8 Å². The number of piperazine rings is 1. The first kappa shape index (κ1) is 15.7. The second kappa shape index (κ2) is 5.61. The summed E-state index contributed by atoms with van der Waals surface area (Å²) in [5, 5.41) is 0. The molecule has 2 atom stereocenters. The second-order valence-corrected chi connectivity index (χ2v) is 8.20. The van der Waals surface area contributed by atoms with E-state index in [0.717, 1.165) is 19.3 Å². The molecule has 24 heavy (non-hydrogen) atoms. The van der Waals surface area contributed by atoms with E-state index in [1.807, 2.05) is 28.0 Å². The second-order valence-electron chi connectivity index (χ2n) is 8.20. The highest BCUT2D eigenvalue weighted by Gasteiger charge is 2.50. The summed E-state index contributed by atoms with van der Waals surface area (Å²) < 4.78 is 0. The fourth-order valence-electron chi connectivity index (χ4n) is 4.08. The molecule has 2 amide bonds. The van der Waals surface area contributed by atoms with Gasteiger partial charge >= 0.3 is 0 Å². The Morgan fingerprint density at radius 3 is 2.38 bits per heavy atom. The molecule has 3 aliphatic rings. The number of hydrogen-bond donors (Lipinski definition) is 0. The number of rotatable bonds is 3. The molecule has 0 bridgehead atoms. The predicted octanol–water partition coefficient (Wildman–Crippen LogP) is 2.65. The largest absolute Gasteiger partial charge is 0.338 e. The number of carbonyl (C=O) groups excluding carboxylic acids is 2. The first-order valence-electron chi connectivity index (χ1n) is 9.12. The average molecular weight is 326 g/mol. The molecule has 0 N–H and O–H groups in total. The van der Waals surface area contributed by atoms with E-state index in [1.165, 1.54) is 5.56 Å². The SMILES string of the molecule is CC1(C)CN(C(=O)C2CC2)CCN1C(=O)[C@H]1C[C@@H]1c1ccccc1. The van der Waals surface area contributed by atoms with Crippen molar-refractivity contribution < 1.29 is 9.59 Å². The molecule has 0 radical (unpaired) electrons. The minimum Gasteiger partial charge on any atom is -0.338 e. The molecule has 0 unspecified atom stereocenters. The van der Waals surface area contributed by atoms with Gasteiger partial charge in [0.05, 0.1) is 5.54 Å². The van der Waals surface area contributed by atoms with Gasteiger partial charge in [0.2, 0.25) is 11.8 Å². The summed E-state index contributed by atoms with van der Waals surface area (Å²) in [6.45, 7) is 6.21. The third-order valence-electron chi connectivity index (χ3n) is 5.74. The molecule has 0 spiro atoms. The van der Waals surface area contributed by atoms with E-state index in [2.05, 4.69) is 26.0 Å². The Bertz CT molecular complexity index is 651. The number of hydrogen-bond acceptors (Lipinski definition) is 2. The molecule has 2 aliphatic carbocycles. The summed E-state index contributed by atoms with van der Waals surface area (Å²) >= 11 is 0. The highest BCUT2D eigenvalue weighted by Crippen LogP contribution is 2.49. The first-order valence-corrected chi connectivity index (χ1v) is 9.12. The van der Waals surface area contributed by atoms with E-state index < -0.39 is 0 Å². The summed E-state index contributed by atoms with van der Waals surface area (Å²) in [7, 11) is 0. The average Bonchev–Trinajstić information content (AvgIpc) is 3.47. The van der Waals surface area contributed by atoms with Crippen LogP contribution in [0.1, 0.15) is 44.6 Å². The Morgan fingerprint density at radius 1 is 1.04 bits per heavy atom. The molecule has 0 aromatic heterocycles. The summed E-state index contributed by atoms with van der Waals surface area (Å²) in [6, 6.07) is 10.3. The van der Waals surface area contributed by atoms with Crippen molar-refractivity contribution in [2.24, 2.45) is 11.8 Å². The lowest BCUT2D eigenvalue weighted by atomic mass is 9.97. The van der Waals surface area contributed by atoms with Gasteiger partial charge in [-0.1, -0.05) is 30.3 Å². The zero-order valence-corrected chi connectivity index (χ0v) is 14.6. The van der Waals surface area contributed by atoms with Crippen molar-refractivity contribution in [3.8, 4) is 0 Å². The van der Waals surface area contributed by atoms with E-state index in [1.54, 1.807) is 0 Å². The molecule has 4 heteroatoms. The van der Waals surface area contributed by atoms with Crippen LogP contribution in [0.25, 0.3) is 0 Å². The zero-order valence-electron chi connectivity index (χ0n) is 14.6. The van der Waals surface area contributed by atoms with Gasteiger partial charge in [-0.2, -0.15) is 0 Å². The van der Waals surface area contributed by atoms with Crippen molar-refractivity contribution in [2.45, 2.75) is 44.6 Å². The predicted molar refractivity (Wildman–Crippen MR) is 92.4 cm³/mol. The minimum absolute atomic E-state index is 0.123. The van der Waals surface area contributed by atoms with E-state index in [4.69, 9.17) is 0 Å². The molecule has 4 nitrogen and oxygen atoms in total. The molecule has 1 saturated heterocycles. The number of amides is 2. The van der Waals surface area contributed by atoms with Crippen molar-refractivity contribution in [2.75, 3.05) is 19.6 Å². The molecule has 3 fully saturated rings. The van der Waals surface area contributed by atoms with Crippen LogP contribution < -0.4 is 0 Å². The third kappa shape index (κ3) is 2.83. The minimum atomic E-state index is -0.274. The van der Waals surface area contributed by atoms with E-state index >= 15 is 0 Å². The summed E-state index contributed by atoms with van der Waals surface area (Å²) in [4.78, 5) is 29.3. The lowest BCUT2D eigenvalue weighted by Gasteiger charge is -2.47. The maximum atomic E-state index is 13.0. The van der Waals surface area contributed by atoms with E-state index in [0.29, 0.717) is 31.5 Å². The smallest absolute Gasteiger partial charge is 0.226 e. The Morgan fingerprint density at radius 2 is 1.75 bits per heavy atom. The van der Waals surface area contributed by atoms with Crippen LogP contribution in [-0.2, 0) is 9.59 Å². The van der Waals surface area contributed by atoms with Gasteiger partial charge in [-0.15, -0.1) is 0 Å². The Labute approximate surface area is 143 Å². The third-order valence-corrected chi connectivity index (χ3v) is 5.74. The van der Waals surface area contributed by atoms with Crippen molar-refractivity contribution in [1.82, 2.24) is 9.80 Å². The van der Waals surface area contributed by atoms with Crippen molar-refractivity contribution >= 4 is 11.8 Å². The Kier molecular flexibility index (Phi) is 3.66. The fraction of sp³-hybridized carbons (Fsp3) is 0.600. The van der Waals surface area contributed by atoms with Gasteiger partial charge in [0.15, 0.2) is 0 Å². The topological polar surface area (TPSA) is 40.6 Å². The highest BCUT2D eigenvalue weighted by atomic mass is 16.2. The van der Waals surface area contributed by atoms with Gasteiger partial charge in [0.1, 0.15) is 0 Å². The van der Waals surface area contributed by atoms with Crippen molar-refractivity contribution in [1.29, 1.82) is 0 Å². The number of nitrogens with zero attached hydrogens (tertiary/aromatic N) is 2. The number of carbonyl (C=O) groups is 2. The molecule has 1 aliphatic heterocycles. The molecule has 128 valence electrons. The lowest BCUT2D eigenvalue weighted by molar-refractivity contribution is -0.149. The molecule has 4 rings (SSSR count). The van der Waals surface area contributed by atoms with Crippen molar-refractivity contribution in [3.05, 3.63) is 35.9 Å². The standard InChI is InChI=1S/C20H26N2O2/c1-20(2)13-21(18(23)15-8-9-15)10-11-22(20)19(24)17-12-16(17)14-6-4-3-5-7-14/h3-7,15-17H,8-13H2,1-2H3/t16-,17+/m1/s1. The zero-order chi connectivity index (χ0) is 16.9. The van der Waals surface area contributed by atoms with Crippen LogP contribution >= 0.6 is 0 Å². The Hall–Kier alpha value is -1.84. The Balaban J connectivity index is 1.41. The molecule has 2 saturated carbocycles. The van der Waals surface area contributed by atoms with E-state index in [9.17, 15) is 9.59 Å². The molecule has 1 heterocycles. The van der Waals surface area contributed by atoms with Gasteiger partial charge in [-0.3, -0.25) is 9.59 Å². The highest BCUT2D eigenvalue weighted by molar-refractivity contribution is 5.85. The normalized spacial score (nSPS) is 28.6. The fourth-order valence-corrected chi connectivity index (χ4v) is 4.08. The van der Waals surface area contributed by atoms with Gasteiger partial charge in [-0.25, -0.2) is 0 Å². The molecule has 1 aromatic carbocycles.